The van der Waals surface area contributed by atoms with Crippen LogP contribution in [0, 0.1) is 0 Å². The van der Waals surface area contributed by atoms with E-state index >= 15 is 0 Å². The van der Waals surface area contributed by atoms with E-state index in [-0.39, 0.29) is 25.0 Å². The molecular formula is C20H19F3N2O3. The number of rotatable bonds is 6. The molecule has 2 aromatic rings. The summed E-state index contributed by atoms with van der Waals surface area (Å²) in [5.41, 5.74) is 0.474. The zero-order valence-corrected chi connectivity index (χ0v) is 15.0. The average Bonchev–Trinajstić information content (AvgIpc) is 3.11. The Labute approximate surface area is 160 Å². The molecule has 5 nitrogen and oxygen atoms in total. The van der Waals surface area contributed by atoms with Crippen molar-refractivity contribution in [1.29, 1.82) is 0 Å². The van der Waals surface area contributed by atoms with Crippen molar-refractivity contribution in [3.05, 3.63) is 59.7 Å². The number of amides is 2. The highest BCUT2D eigenvalue weighted by molar-refractivity contribution is 5.97. The van der Waals surface area contributed by atoms with E-state index in [1.807, 2.05) is 0 Å². The molecule has 148 valence electrons. The zero-order chi connectivity index (χ0) is 20.1. The summed E-state index contributed by atoms with van der Waals surface area (Å²) in [7, 11) is 0. The van der Waals surface area contributed by atoms with Crippen molar-refractivity contribution in [1.82, 2.24) is 5.32 Å². The first-order chi connectivity index (χ1) is 13.3. The van der Waals surface area contributed by atoms with Gasteiger partial charge in [-0.3, -0.25) is 9.59 Å². The minimum absolute atomic E-state index is 0.0811. The Kier molecular flexibility index (Phi) is 5.87. The molecule has 1 fully saturated rings. The predicted molar refractivity (Wildman–Crippen MR) is 97.3 cm³/mol. The van der Waals surface area contributed by atoms with E-state index in [4.69, 9.17) is 4.74 Å². The number of carbonyl (C=O) groups excluding carboxylic acids is 2. The van der Waals surface area contributed by atoms with Crippen LogP contribution in [0.4, 0.5) is 18.9 Å². The van der Waals surface area contributed by atoms with Crippen LogP contribution in [0.5, 0.6) is 5.75 Å². The Morgan fingerprint density at radius 3 is 2.32 bits per heavy atom. The molecule has 2 aromatic carbocycles. The van der Waals surface area contributed by atoms with Crippen LogP contribution in [-0.2, 0) is 11.0 Å². The maximum atomic E-state index is 12.5. The molecule has 0 saturated carbocycles. The van der Waals surface area contributed by atoms with Gasteiger partial charge in [0.15, 0.2) is 0 Å². The molecule has 0 bridgehead atoms. The van der Waals surface area contributed by atoms with E-state index in [9.17, 15) is 22.8 Å². The first kappa shape index (κ1) is 19.7. The van der Waals surface area contributed by atoms with Gasteiger partial charge in [-0.05, 0) is 55.0 Å². The Bertz CT molecular complexity index is 833. The lowest BCUT2D eigenvalue weighted by Crippen LogP contribution is -2.28. The number of benzene rings is 2. The van der Waals surface area contributed by atoms with Crippen LogP contribution >= 0.6 is 0 Å². The van der Waals surface area contributed by atoms with Gasteiger partial charge in [0, 0.05) is 24.2 Å². The third kappa shape index (κ3) is 4.82. The summed E-state index contributed by atoms with van der Waals surface area (Å²) < 4.78 is 42.8. The minimum Gasteiger partial charge on any atom is -0.492 e. The smallest absolute Gasteiger partial charge is 0.416 e. The third-order valence-electron chi connectivity index (χ3n) is 4.35. The molecule has 2 amide bonds. The van der Waals surface area contributed by atoms with E-state index in [0.717, 1.165) is 24.2 Å². The van der Waals surface area contributed by atoms with E-state index in [0.29, 0.717) is 24.3 Å². The summed E-state index contributed by atoms with van der Waals surface area (Å²) in [6, 6.07) is 11.1. The molecule has 1 aliphatic rings. The van der Waals surface area contributed by atoms with Gasteiger partial charge in [0.2, 0.25) is 5.91 Å². The van der Waals surface area contributed by atoms with Gasteiger partial charge in [-0.15, -0.1) is 0 Å². The number of nitrogens with one attached hydrogen (secondary N) is 1. The van der Waals surface area contributed by atoms with Crippen LogP contribution in [0.15, 0.2) is 48.5 Å². The number of anilines is 1. The van der Waals surface area contributed by atoms with Crippen LogP contribution in [0.2, 0.25) is 0 Å². The van der Waals surface area contributed by atoms with Crippen molar-refractivity contribution < 1.29 is 27.5 Å². The number of carbonyl (C=O) groups is 2. The molecule has 1 saturated heterocycles. The van der Waals surface area contributed by atoms with E-state index < -0.39 is 11.7 Å². The normalized spacial score (nSPS) is 14.2. The van der Waals surface area contributed by atoms with Crippen LogP contribution in [-0.4, -0.2) is 31.5 Å². The molecule has 0 spiro atoms. The topological polar surface area (TPSA) is 58.6 Å². The number of hydrogen-bond acceptors (Lipinski definition) is 3. The fraction of sp³-hybridized carbons (Fsp3) is 0.300. The average molecular weight is 392 g/mol. The molecule has 28 heavy (non-hydrogen) atoms. The van der Waals surface area contributed by atoms with Gasteiger partial charge in [0.05, 0.1) is 12.1 Å². The van der Waals surface area contributed by atoms with E-state index in [2.05, 4.69) is 5.32 Å². The summed E-state index contributed by atoms with van der Waals surface area (Å²) in [5.74, 6) is 0.0785. The minimum atomic E-state index is -4.38. The van der Waals surface area contributed by atoms with Crippen LogP contribution < -0.4 is 15.0 Å². The number of nitrogens with zero attached hydrogens (tertiary/aromatic N) is 1. The fourth-order valence-electron chi connectivity index (χ4n) is 2.89. The Morgan fingerprint density at radius 1 is 1.07 bits per heavy atom. The van der Waals surface area contributed by atoms with Crippen molar-refractivity contribution in [2.75, 3.05) is 24.6 Å². The highest BCUT2D eigenvalue weighted by Crippen LogP contribution is 2.30. The number of alkyl halides is 3. The van der Waals surface area contributed by atoms with Crippen LogP contribution in [0.25, 0.3) is 0 Å². The Balaban J connectivity index is 1.45. The quantitative estimate of drug-likeness (QED) is 0.764. The van der Waals surface area contributed by atoms with Gasteiger partial charge in [-0.25, -0.2) is 0 Å². The maximum Gasteiger partial charge on any atom is 0.416 e. The van der Waals surface area contributed by atoms with Crippen molar-refractivity contribution >= 4 is 17.5 Å². The summed E-state index contributed by atoms with van der Waals surface area (Å²) in [5, 5.41) is 2.68. The van der Waals surface area contributed by atoms with Crippen LogP contribution in [0.3, 0.4) is 0 Å². The molecule has 0 unspecified atom stereocenters. The second kappa shape index (κ2) is 8.33. The van der Waals surface area contributed by atoms with Crippen molar-refractivity contribution in [3.8, 4) is 5.75 Å². The number of hydrogen-bond donors (Lipinski definition) is 1. The van der Waals surface area contributed by atoms with Gasteiger partial charge in [-0.1, -0.05) is 0 Å². The van der Waals surface area contributed by atoms with Crippen molar-refractivity contribution in [2.24, 2.45) is 0 Å². The maximum absolute atomic E-state index is 12.5. The van der Waals surface area contributed by atoms with Crippen LogP contribution in [0.1, 0.15) is 28.8 Å². The molecule has 0 aliphatic carbocycles. The summed E-state index contributed by atoms with van der Waals surface area (Å²) in [6.45, 7) is 1.01. The van der Waals surface area contributed by atoms with Crippen molar-refractivity contribution in [2.45, 2.75) is 19.0 Å². The number of halogens is 3. The molecule has 3 rings (SSSR count). The molecule has 0 aromatic heterocycles. The summed E-state index contributed by atoms with van der Waals surface area (Å²) in [6.07, 6.45) is -3.01. The fourth-order valence-corrected chi connectivity index (χ4v) is 2.89. The highest BCUT2D eigenvalue weighted by Gasteiger charge is 2.30. The lowest BCUT2D eigenvalue weighted by molar-refractivity contribution is -0.137. The lowest BCUT2D eigenvalue weighted by atomic mass is 10.2. The van der Waals surface area contributed by atoms with Crippen molar-refractivity contribution in [3.63, 3.8) is 0 Å². The zero-order valence-electron chi connectivity index (χ0n) is 15.0. The third-order valence-corrected chi connectivity index (χ3v) is 4.35. The molecule has 1 heterocycles. The Hall–Kier alpha value is -3.03. The lowest BCUT2D eigenvalue weighted by Gasteiger charge is -2.15. The van der Waals surface area contributed by atoms with Gasteiger partial charge in [0.25, 0.3) is 5.91 Å². The first-order valence-corrected chi connectivity index (χ1v) is 8.83. The molecule has 0 radical (unpaired) electrons. The molecular weight excluding hydrogens is 373 g/mol. The summed E-state index contributed by atoms with van der Waals surface area (Å²) >= 11 is 0. The monoisotopic (exact) mass is 392 g/mol. The predicted octanol–water partition coefficient (Wildman–Crippen LogP) is 3.64. The van der Waals surface area contributed by atoms with E-state index in [1.165, 1.54) is 12.1 Å². The SMILES string of the molecule is O=C(NCCOc1ccc(C(F)(F)F)cc1)c1ccc(N2CCCC2=O)cc1. The second-order valence-electron chi connectivity index (χ2n) is 6.32. The molecule has 1 N–H and O–H groups in total. The first-order valence-electron chi connectivity index (χ1n) is 8.83. The standard InChI is InChI=1S/C20H19F3N2O3/c21-20(22,23)15-5-9-17(10-6-15)28-13-11-24-19(27)14-3-7-16(8-4-14)25-12-1-2-18(25)26/h3-10H,1-2,11-13H2,(H,24,27). The van der Waals surface area contributed by atoms with Gasteiger partial charge in [0.1, 0.15) is 12.4 Å². The second-order valence-corrected chi connectivity index (χ2v) is 6.32. The molecule has 0 atom stereocenters. The number of ether oxygens (including phenoxy) is 1. The van der Waals surface area contributed by atoms with Gasteiger partial charge < -0.3 is 15.0 Å². The van der Waals surface area contributed by atoms with E-state index in [1.54, 1.807) is 29.2 Å². The largest absolute Gasteiger partial charge is 0.492 e. The Morgan fingerprint density at radius 2 is 1.75 bits per heavy atom. The molecule has 8 heteroatoms. The highest BCUT2D eigenvalue weighted by atomic mass is 19.4. The van der Waals surface area contributed by atoms with Gasteiger partial charge in [-0.2, -0.15) is 13.2 Å². The van der Waals surface area contributed by atoms with Gasteiger partial charge >= 0.3 is 6.18 Å². The molecule has 1 aliphatic heterocycles. The summed E-state index contributed by atoms with van der Waals surface area (Å²) in [4.78, 5) is 25.6.